The van der Waals surface area contributed by atoms with Gasteiger partial charge in [0.2, 0.25) is 0 Å². The lowest BCUT2D eigenvalue weighted by molar-refractivity contribution is -0.135. The zero-order valence-corrected chi connectivity index (χ0v) is 6.10. The molecule has 7 nitrogen and oxygen atoms in total. The van der Waals surface area contributed by atoms with Crippen molar-refractivity contribution in [2.45, 2.75) is 0 Å². The summed E-state index contributed by atoms with van der Waals surface area (Å²) in [7, 11) is -4.64. The number of hydrogen-bond acceptors (Lipinski definition) is 3. The molecule has 0 saturated heterocycles. The van der Waals surface area contributed by atoms with Gasteiger partial charge in [0.1, 0.15) is 0 Å². The van der Waals surface area contributed by atoms with Crippen LogP contribution in [0.25, 0.3) is 0 Å². The molecule has 0 radical (unpaired) electrons. The van der Waals surface area contributed by atoms with Gasteiger partial charge in [-0.15, -0.1) is 0 Å². The van der Waals surface area contributed by atoms with Gasteiger partial charge >= 0.3 is 13.8 Å². The van der Waals surface area contributed by atoms with Gasteiger partial charge in [-0.3, -0.25) is 0 Å². The smallest absolute Gasteiger partial charge is 0.466 e. The lowest BCUT2D eigenvalue weighted by atomic mass is 10.6. The summed E-state index contributed by atoms with van der Waals surface area (Å²) in [6.07, 6.45) is 0. The van der Waals surface area contributed by atoms with Gasteiger partial charge in [0.25, 0.3) is 0 Å². The maximum absolute atomic E-state index is 9.35. The lowest BCUT2D eigenvalue weighted by Crippen LogP contribution is -1.95. The van der Waals surface area contributed by atoms with Crippen LogP contribution in [0, 0.1) is 0 Å². The summed E-state index contributed by atoms with van der Waals surface area (Å²) >= 11 is 0. The van der Waals surface area contributed by atoms with Crippen molar-refractivity contribution in [1.82, 2.24) is 0 Å². The second-order valence-electron chi connectivity index (χ2n) is 1.27. The van der Waals surface area contributed by atoms with Crippen molar-refractivity contribution < 1.29 is 34.3 Å². The van der Waals surface area contributed by atoms with Crippen LogP contribution in [0.1, 0.15) is 0 Å². The van der Waals surface area contributed by atoms with E-state index in [1.165, 1.54) is 0 Å². The van der Waals surface area contributed by atoms with Gasteiger partial charge < -0.3 is 24.9 Å². The van der Waals surface area contributed by atoms with Gasteiger partial charge in [0.05, 0.1) is 0 Å². The molecule has 0 aliphatic heterocycles. The van der Waals surface area contributed by atoms with Crippen molar-refractivity contribution in [3.05, 3.63) is 12.3 Å². The van der Waals surface area contributed by atoms with Crippen molar-refractivity contribution in [3.8, 4) is 0 Å². The Labute approximate surface area is 61.5 Å². The Morgan fingerprint density at radius 1 is 1.18 bits per heavy atom. The average molecular weight is 186 g/mol. The lowest BCUT2D eigenvalue weighted by Gasteiger charge is -1.82. The van der Waals surface area contributed by atoms with Crippen LogP contribution >= 0.6 is 7.82 Å². The summed E-state index contributed by atoms with van der Waals surface area (Å²) in [5.74, 6) is -2.20. The molecule has 5 N–H and O–H groups in total. The zero-order valence-electron chi connectivity index (χ0n) is 5.21. The molecule has 0 aromatic heterocycles. The molecule has 0 rings (SSSR count). The quantitative estimate of drug-likeness (QED) is 0.206. The van der Waals surface area contributed by atoms with Crippen LogP contribution in [-0.2, 0) is 9.36 Å². The van der Waals surface area contributed by atoms with E-state index in [1.54, 1.807) is 0 Å². The Kier molecular flexibility index (Phi) is 5.64. The van der Waals surface area contributed by atoms with E-state index in [4.69, 9.17) is 29.5 Å². The Hall–Kier alpha value is -0.880. The number of aliphatic hydroxyl groups excluding tert-OH is 1. The van der Waals surface area contributed by atoms with Gasteiger partial charge in [-0.1, -0.05) is 0 Å². The highest BCUT2D eigenvalue weighted by Gasteiger charge is 2.00. The number of carboxylic acid groups (broad SMARTS) is 1. The fraction of sp³-hybridized carbons (Fsp3) is 0. The predicted molar refractivity (Wildman–Crippen MR) is 33.7 cm³/mol. The van der Waals surface area contributed by atoms with Gasteiger partial charge in [0, 0.05) is 0 Å². The van der Waals surface area contributed by atoms with Gasteiger partial charge in [-0.25, -0.2) is 9.36 Å². The summed E-state index contributed by atoms with van der Waals surface area (Å²) in [5.41, 5.74) is 0. The minimum Gasteiger partial charge on any atom is -0.502 e. The van der Waals surface area contributed by atoms with Crippen molar-refractivity contribution in [2.75, 3.05) is 0 Å². The number of carboxylic acids is 1. The van der Waals surface area contributed by atoms with E-state index >= 15 is 0 Å². The van der Waals surface area contributed by atoms with Crippen molar-refractivity contribution >= 4 is 13.8 Å². The van der Waals surface area contributed by atoms with E-state index in [0.717, 1.165) is 0 Å². The minimum absolute atomic E-state index is 0.824. The standard InChI is InChI=1S/C3H4O3.H3O4P/c1-2(4)3(5)6;1-5(2,3)4/h4H,1H2,(H,5,6);(H3,1,2,3,4). The van der Waals surface area contributed by atoms with E-state index in [2.05, 4.69) is 6.58 Å². The van der Waals surface area contributed by atoms with E-state index in [-0.39, 0.29) is 0 Å². The summed E-state index contributed by atoms with van der Waals surface area (Å²) < 4.78 is 8.88. The summed E-state index contributed by atoms with van der Waals surface area (Å²) in [4.78, 5) is 30.9. The predicted octanol–water partition coefficient (Wildman–Crippen LogP) is -0.786. The number of phosphoric acid groups is 1. The Morgan fingerprint density at radius 3 is 1.27 bits per heavy atom. The molecule has 0 atom stereocenters. The maximum Gasteiger partial charge on any atom is 0.466 e. The third kappa shape index (κ3) is 47.5. The first-order valence-electron chi connectivity index (χ1n) is 2.04. The van der Waals surface area contributed by atoms with E-state index in [1.807, 2.05) is 0 Å². The van der Waals surface area contributed by atoms with Gasteiger partial charge in [-0.2, -0.15) is 0 Å². The molecule has 66 valence electrons. The molecule has 0 aliphatic rings. The fourth-order valence-corrected chi connectivity index (χ4v) is 0. The van der Waals surface area contributed by atoms with Crippen LogP contribution in [0.5, 0.6) is 0 Å². The fourth-order valence-electron chi connectivity index (χ4n) is 0. The molecular weight excluding hydrogens is 179 g/mol. The molecule has 0 unspecified atom stereocenters. The average Bonchev–Trinajstić information content (AvgIpc) is 1.59. The van der Waals surface area contributed by atoms with Crippen LogP contribution in [0.4, 0.5) is 0 Å². The van der Waals surface area contributed by atoms with E-state index in [9.17, 15) is 4.79 Å². The van der Waals surface area contributed by atoms with E-state index < -0.39 is 19.6 Å². The molecule has 0 fully saturated rings. The summed E-state index contributed by atoms with van der Waals surface area (Å²) in [5, 5.41) is 15.5. The van der Waals surface area contributed by atoms with E-state index in [0.29, 0.717) is 0 Å². The number of aliphatic hydroxyl groups is 1. The Bertz CT molecular complexity index is 170. The third-order valence-electron chi connectivity index (χ3n) is 0.247. The third-order valence-corrected chi connectivity index (χ3v) is 0.247. The molecule has 0 heterocycles. The van der Waals surface area contributed by atoms with Crippen LogP contribution < -0.4 is 0 Å². The van der Waals surface area contributed by atoms with Crippen LogP contribution in [0.2, 0.25) is 0 Å². The minimum atomic E-state index is -4.64. The molecule has 8 heteroatoms. The van der Waals surface area contributed by atoms with Crippen molar-refractivity contribution in [3.63, 3.8) is 0 Å². The summed E-state index contributed by atoms with van der Waals surface area (Å²) in [6.45, 7) is 2.71. The Balaban J connectivity index is 0. The molecule has 0 spiro atoms. The summed E-state index contributed by atoms with van der Waals surface area (Å²) in [6, 6.07) is 0. The zero-order chi connectivity index (χ0) is 9.65. The highest BCUT2D eigenvalue weighted by molar-refractivity contribution is 7.45. The highest BCUT2D eigenvalue weighted by atomic mass is 31.2. The molecular formula is C3H7O7P. The topological polar surface area (TPSA) is 135 Å². The number of rotatable bonds is 1. The molecule has 0 amide bonds. The van der Waals surface area contributed by atoms with Crippen LogP contribution in [0.3, 0.4) is 0 Å². The van der Waals surface area contributed by atoms with Crippen LogP contribution in [-0.4, -0.2) is 30.9 Å². The SMILES string of the molecule is C=C(O)C(=O)O.O=P(O)(O)O. The highest BCUT2D eigenvalue weighted by Crippen LogP contribution is 2.25. The molecule has 11 heavy (non-hydrogen) atoms. The van der Waals surface area contributed by atoms with Gasteiger partial charge in [-0.05, 0) is 6.58 Å². The largest absolute Gasteiger partial charge is 0.502 e. The molecule has 0 aromatic rings. The first-order valence-corrected chi connectivity index (χ1v) is 3.60. The molecule has 0 aromatic carbocycles. The Morgan fingerprint density at radius 2 is 1.27 bits per heavy atom. The number of aliphatic carboxylic acids is 1. The molecule has 0 aliphatic carbocycles. The van der Waals surface area contributed by atoms with Crippen molar-refractivity contribution in [1.29, 1.82) is 0 Å². The maximum atomic E-state index is 9.35. The normalized spacial score (nSPS) is 9.36. The first kappa shape index (κ1) is 12.8. The number of hydrogen-bond donors (Lipinski definition) is 5. The first-order chi connectivity index (χ1) is 4.64. The van der Waals surface area contributed by atoms with Crippen LogP contribution in [0.15, 0.2) is 12.3 Å². The molecule has 0 bridgehead atoms. The second-order valence-corrected chi connectivity index (χ2v) is 2.29. The van der Waals surface area contributed by atoms with Gasteiger partial charge in [0.15, 0.2) is 5.76 Å². The molecule has 0 saturated carbocycles. The van der Waals surface area contributed by atoms with Crippen molar-refractivity contribution in [2.24, 2.45) is 0 Å². The monoisotopic (exact) mass is 186 g/mol. The second kappa shape index (κ2) is 4.86. The number of carbonyl (C=O) groups is 1.